The van der Waals surface area contributed by atoms with Gasteiger partial charge in [0.15, 0.2) is 5.58 Å². The maximum atomic E-state index is 12.2. The molecular formula is C19H16N2O3. The van der Waals surface area contributed by atoms with E-state index < -0.39 is 5.92 Å². The zero-order chi connectivity index (χ0) is 16.3. The van der Waals surface area contributed by atoms with Gasteiger partial charge in [-0.3, -0.25) is 14.9 Å². The van der Waals surface area contributed by atoms with E-state index in [-0.39, 0.29) is 11.8 Å². The Labute approximate surface area is 138 Å². The zero-order valence-corrected chi connectivity index (χ0v) is 13.0. The summed E-state index contributed by atoms with van der Waals surface area (Å²) in [6.07, 6.45) is 3.34. The lowest BCUT2D eigenvalue weighted by Crippen LogP contribution is -2.39. The normalized spacial score (nSPS) is 21.4. The van der Waals surface area contributed by atoms with Crippen LogP contribution in [0.3, 0.4) is 0 Å². The van der Waals surface area contributed by atoms with Gasteiger partial charge in [0.25, 0.3) is 0 Å². The second-order valence-electron chi connectivity index (χ2n) is 6.77. The summed E-state index contributed by atoms with van der Waals surface area (Å²) in [7, 11) is 0. The number of carbonyl (C=O) groups excluding carboxylic acids is 2. The highest BCUT2D eigenvalue weighted by molar-refractivity contribution is 6.10. The van der Waals surface area contributed by atoms with Crippen molar-refractivity contribution in [2.24, 2.45) is 0 Å². The zero-order valence-electron chi connectivity index (χ0n) is 13.0. The number of amides is 2. The van der Waals surface area contributed by atoms with Crippen molar-refractivity contribution in [2.45, 2.75) is 37.5 Å². The molecule has 24 heavy (non-hydrogen) atoms. The smallest absolute Gasteiger partial charge is 0.235 e. The average molecular weight is 320 g/mol. The lowest BCUT2D eigenvalue weighted by molar-refractivity contribution is -0.134. The Kier molecular flexibility index (Phi) is 2.80. The molecule has 0 spiro atoms. The molecule has 2 heterocycles. The molecule has 1 saturated heterocycles. The van der Waals surface area contributed by atoms with Gasteiger partial charge < -0.3 is 4.52 Å². The highest BCUT2D eigenvalue weighted by atomic mass is 16.5. The second-order valence-corrected chi connectivity index (χ2v) is 6.77. The second kappa shape index (κ2) is 4.90. The highest BCUT2D eigenvalue weighted by Crippen LogP contribution is 2.42. The van der Waals surface area contributed by atoms with Gasteiger partial charge in [0, 0.05) is 6.42 Å². The maximum absolute atomic E-state index is 12.2. The summed E-state index contributed by atoms with van der Waals surface area (Å²) < 4.78 is 5.46. The van der Waals surface area contributed by atoms with Crippen molar-refractivity contribution in [1.29, 1.82) is 0 Å². The van der Waals surface area contributed by atoms with Crippen LogP contribution in [0.5, 0.6) is 0 Å². The molecule has 1 aromatic heterocycles. The van der Waals surface area contributed by atoms with E-state index in [0.29, 0.717) is 30.0 Å². The van der Waals surface area contributed by atoms with Gasteiger partial charge in [0.1, 0.15) is 5.69 Å². The van der Waals surface area contributed by atoms with Crippen LogP contribution in [0.15, 0.2) is 34.9 Å². The third-order valence-electron chi connectivity index (χ3n) is 5.12. The van der Waals surface area contributed by atoms with E-state index in [1.165, 1.54) is 18.4 Å². The third-order valence-corrected chi connectivity index (χ3v) is 5.12. The van der Waals surface area contributed by atoms with Gasteiger partial charge in [-0.1, -0.05) is 29.4 Å². The molecule has 120 valence electrons. The molecule has 1 aliphatic carbocycles. The first-order chi connectivity index (χ1) is 11.7. The largest absolute Gasteiger partial charge is 0.356 e. The molecule has 1 N–H and O–H groups in total. The molecule has 1 aliphatic heterocycles. The third kappa shape index (κ3) is 2.04. The number of carbonyl (C=O) groups is 2. The quantitative estimate of drug-likeness (QED) is 0.735. The van der Waals surface area contributed by atoms with Crippen molar-refractivity contribution in [1.82, 2.24) is 10.5 Å². The van der Waals surface area contributed by atoms with E-state index in [0.717, 1.165) is 16.2 Å². The standard InChI is InChI=1S/C19H16N2O3/c22-16-8-6-14(19(23)20-16)18-17-13-5-3-11(10-1-2-10)9-12(13)4-7-15(17)24-21-18/h3-5,7,9-10,14H,1-2,6,8H2,(H,20,22,23)/t14-/m1/s1. The van der Waals surface area contributed by atoms with Crippen molar-refractivity contribution in [2.75, 3.05) is 0 Å². The number of piperidine rings is 1. The average Bonchev–Trinajstić information content (AvgIpc) is 3.34. The fourth-order valence-corrected chi connectivity index (χ4v) is 3.68. The van der Waals surface area contributed by atoms with Gasteiger partial charge in [0.2, 0.25) is 11.8 Å². The highest BCUT2D eigenvalue weighted by Gasteiger charge is 2.32. The van der Waals surface area contributed by atoms with Gasteiger partial charge in [-0.05, 0) is 47.6 Å². The van der Waals surface area contributed by atoms with Crippen LogP contribution in [0.2, 0.25) is 0 Å². The van der Waals surface area contributed by atoms with E-state index in [2.05, 4.69) is 28.7 Å². The van der Waals surface area contributed by atoms with Crippen molar-refractivity contribution < 1.29 is 14.1 Å². The molecule has 2 aliphatic rings. The summed E-state index contributed by atoms with van der Waals surface area (Å²) >= 11 is 0. The first-order valence-corrected chi connectivity index (χ1v) is 8.36. The molecule has 5 heteroatoms. The van der Waals surface area contributed by atoms with E-state index >= 15 is 0 Å². The molecule has 5 rings (SSSR count). The minimum absolute atomic E-state index is 0.219. The van der Waals surface area contributed by atoms with Gasteiger partial charge in [-0.25, -0.2) is 0 Å². The molecular weight excluding hydrogens is 304 g/mol. The topological polar surface area (TPSA) is 72.2 Å². The molecule has 1 atom stereocenters. The summed E-state index contributed by atoms with van der Waals surface area (Å²) in [5.74, 6) is -0.240. The number of imide groups is 1. The fourth-order valence-electron chi connectivity index (χ4n) is 3.68. The molecule has 5 nitrogen and oxygen atoms in total. The number of hydrogen-bond donors (Lipinski definition) is 1. The number of aromatic nitrogens is 1. The summed E-state index contributed by atoms with van der Waals surface area (Å²) in [5, 5.41) is 9.66. The molecule has 1 saturated carbocycles. The Balaban J connectivity index is 1.69. The summed E-state index contributed by atoms with van der Waals surface area (Å²) in [6.45, 7) is 0. The van der Waals surface area contributed by atoms with Crippen molar-refractivity contribution >= 4 is 33.6 Å². The number of fused-ring (bicyclic) bond motifs is 3. The minimum atomic E-state index is -0.433. The van der Waals surface area contributed by atoms with E-state index in [1.807, 2.05) is 12.1 Å². The lowest BCUT2D eigenvalue weighted by Gasteiger charge is -2.19. The molecule has 3 aromatic rings. The Morgan fingerprint density at radius 2 is 1.96 bits per heavy atom. The van der Waals surface area contributed by atoms with Gasteiger partial charge in [-0.15, -0.1) is 0 Å². The van der Waals surface area contributed by atoms with Crippen LogP contribution >= 0.6 is 0 Å². The van der Waals surface area contributed by atoms with E-state index in [1.54, 1.807) is 0 Å². The predicted octanol–water partition coefficient (Wildman–Crippen LogP) is 3.38. The first-order valence-electron chi connectivity index (χ1n) is 8.36. The molecule has 0 radical (unpaired) electrons. The number of benzene rings is 2. The SMILES string of the molecule is O=C1CC[C@H](c2noc3ccc4cc(C5CC5)ccc4c23)C(=O)N1. The van der Waals surface area contributed by atoms with Crippen LogP contribution in [-0.4, -0.2) is 17.0 Å². The molecule has 0 unspecified atom stereocenters. The Hall–Kier alpha value is -2.69. The van der Waals surface area contributed by atoms with Crippen molar-refractivity contribution in [3.05, 3.63) is 41.6 Å². The molecule has 0 bridgehead atoms. The lowest BCUT2D eigenvalue weighted by atomic mass is 9.91. The van der Waals surface area contributed by atoms with Gasteiger partial charge >= 0.3 is 0 Å². The summed E-state index contributed by atoms with van der Waals surface area (Å²) in [6, 6.07) is 10.5. The number of nitrogens with zero attached hydrogens (tertiary/aromatic N) is 1. The number of hydrogen-bond acceptors (Lipinski definition) is 4. The fraction of sp³-hybridized carbons (Fsp3) is 0.316. The van der Waals surface area contributed by atoms with Crippen LogP contribution < -0.4 is 5.32 Å². The predicted molar refractivity (Wildman–Crippen MR) is 88.6 cm³/mol. The van der Waals surface area contributed by atoms with E-state index in [9.17, 15) is 9.59 Å². The Bertz CT molecular complexity index is 1000. The number of rotatable bonds is 2. The molecule has 2 fully saturated rings. The monoisotopic (exact) mass is 320 g/mol. The maximum Gasteiger partial charge on any atom is 0.235 e. The van der Waals surface area contributed by atoms with Crippen molar-refractivity contribution in [3.63, 3.8) is 0 Å². The summed E-state index contributed by atoms with van der Waals surface area (Å²) in [4.78, 5) is 23.6. The molecule has 2 amide bonds. The van der Waals surface area contributed by atoms with Crippen LogP contribution in [0.25, 0.3) is 21.7 Å². The minimum Gasteiger partial charge on any atom is -0.356 e. The van der Waals surface area contributed by atoms with Gasteiger partial charge in [-0.2, -0.15) is 0 Å². The Morgan fingerprint density at radius 1 is 1.08 bits per heavy atom. The number of nitrogens with one attached hydrogen (secondary N) is 1. The molecule has 2 aromatic carbocycles. The van der Waals surface area contributed by atoms with Crippen LogP contribution in [-0.2, 0) is 9.59 Å². The van der Waals surface area contributed by atoms with Crippen molar-refractivity contribution in [3.8, 4) is 0 Å². The van der Waals surface area contributed by atoms with Crippen LogP contribution in [0.4, 0.5) is 0 Å². The van der Waals surface area contributed by atoms with Crippen LogP contribution in [0.1, 0.15) is 48.8 Å². The van der Waals surface area contributed by atoms with Crippen LogP contribution in [0, 0.1) is 0 Å². The first kappa shape index (κ1) is 13.7. The summed E-state index contributed by atoms with van der Waals surface area (Å²) in [5.41, 5.74) is 2.70. The Morgan fingerprint density at radius 3 is 2.75 bits per heavy atom. The van der Waals surface area contributed by atoms with Gasteiger partial charge in [0.05, 0.1) is 11.3 Å². The van der Waals surface area contributed by atoms with E-state index in [4.69, 9.17) is 4.52 Å².